The Bertz CT molecular complexity index is 676. The molecule has 25 heavy (non-hydrogen) atoms. The number of esters is 1. The number of hydrogen-bond acceptors (Lipinski definition) is 5. The topological polar surface area (TPSA) is 110 Å². The number of anilines is 1. The van der Waals surface area contributed by atoms with Crippen LogP contribution in [0.25, 0.3) is 0 Å². The molecule has 0 aliphatic carbocycles. The van der Waals surface area contributed by atoms with E-state index < -0.39 is 12.1 Å². The zero-order chi connectivity index (χ0) is 19.4. The third-order valence-electron chi connectivity index (χ3n) is 3.32. The number of hydrogen-bond donors (Lipinski definition) is 2. The normalized spacial score (nSPS) is 17.0. The van der Waals surface area contributed by atoms with Gasteiger partial charge in [-0.2, -0.15) is 13.2 Å². The van der Waals surface area contributed by atoms with Crippen LogP contribution in [0, 0.1) is 6.92 Å². The molecule has 0 aromatic heterocycles. The van der Waals surface area contributed by atoms with Crippen LogP contribution in [0.4, 0.5) is 18.9 Å². The van der Waals surface area contributed by atoms with Crippen LogP contribution in [-0.2, 0) is 14.3 Å². The highest BCUT2D eigenvalue weighted by Crippen LogP contribution is 2.24. The van der Waals surface area contributed by atoms with E-state index in [1.165, 1.54) is 7.11 Å². The summed E-state index contributed by atoms with van der Waals surface area (Å²) in [6.07, 6.45) is -4.71. The maximum atomic E-state index is 11.7. The predicted molar refractivity (Wildman–Crippen MR) is 81.2 cm³/mol. The number of aliphatic carboxylic acids is 1. The highest BCUT2D eigenvalue weighted by molar-refractivity contribution is 5.97. The Hall–Kier alpha value is -2.62. The molecule has 138 valence electrons. The van der Waals surface area contributed by atoms with Crippen LogP contribution in [0.15, 0.2) is 18.2 Å². The van der Waals surface area contributed by atoms with Crippen LogP contribution in [0.2, 0.25) is 0 Å². The van der Waals surface area contributed by atoms with Crippen molar-refractivity contribution in [2.24, 2.45) is 5.73 Å². The molecule has 7 nitrogen and oxygen atoms in total. The molecule has 2 rings (SSSR count). The number of alkyl halides is 3. The zero-order valence-electron chi connectivity index (χ0n) is 13.5. The van der Waals surface area contributed by atoms with Crippen molar-refractivity contribution in [3.8, 4) is 0 Å². The Labute approximate surface area is 141 Å². The number of methoxy groups -OCH3 is 1. The number of amides is 1. The van der Waals surface area contributed by atoms with Crippen LogP contribution in [0.5, 0.6) is 0 Å². The van der Waals surface area contributed by atoms with Crippen LogP contribution in [0.3, 0.4) is 0 Å². The molecule has 1 atom stereocenters. The van der Waals surface area contributed by atoms with Crippen molar-refractivity contribution in [2.75, 3.05) is 18.6 Å². The fourth-order valence-electron chi connectivity index (χ4n) is 2.14. The minimum Gasteiger partial charge on any atom is -0.475 e. The summed E-state index contributed by atoms with van der Waals surface area (Å²) in [5.41, 5.74) is 7.83. The number of halogens is 3. The van der Waals surface area contributed by atoms with Gasteiger partial charge in [0.25, 0.3) is 0 Å². The van der Waals surface area contributed by atoms with Gasteiger partial charge in [-0.15, -0.1) is 0 Å². The number of carbonyl (C=O) groups is 3. The number of ether oxygens (including phenoxy) is 1. The molecule has 0 spiro atoms. The second-order valence-electron chi connectivity index (χ2n) is 5.26. The van der Waals surface area contributed by atoms with Crippen molar-refractivity contribution < 1.29 is 37.4 Å². The summed E-state index contributed by atoms with van der Waals surface area (Å²) in [5, 5.41) is 7.12. The van der Waals surface area contributed by atoms with Gasteiger partial charge in [-0.25, -0.2) is 9.59 Å². The van der Waals surface area contributed by atoms with Gasteiger partial charge >= 0.3 is 18.1 Å². The van der Waals surface area contributed by atoms with E-state index in [4.69, 9.17) is 15.6 Å². The summed E-state index contributed by atoms with van der Waals surface area (Å²) in [4.78, 5) is 33.7. The lowest BCUT2D eigenvalue weighted by molar-refractivity contribution is -0.192. The van der Waals surface area contributed by atoms with Gasteiger partial charge in [0.1, 0.15) is 0 Å². The Morgan fingerprint density at radius 3 is 2.28 bits per heavy atom. The fraction of sp³-hybridized carbons (Fsp3) is 0.400. The third kappa shape index (κ3) is 5.45. The molecule has 0 bridgehead atoms. The van der Waals surface area contributed by atoms with Gasteiger partial charge in [0.05, 0.1) is 12.7 Å². The maximum absolute atomic E-state index is 11.7. The molecule has 1 aromatic carbocycles. The van der Waals surface area contributed by atoms with Crippen LogP contribution < -0.4 is 10.6 Å². The van der Waals surface area contributed by atoms with Crippen molar-refractivity contribution in [3.05, 3.63) is 29.3 Å². The maximum Gasteiger partial charge on any atom is 0.490 e. The van der Waals surface area contributed by atoms with Gasteiger partial charge in [0.2, 0.25) is 5.91 Å². The van der Waals surface area contributed by atoms with Crippen LogP contribution >= 0.6 is 0 Å². The van der Waals surface area contributed by atoms with E-state index in [-0.39, 0.29) is 17.9 Å². The Balaban J connectivity index is 0.000000381. The molecule has 0 radical (unpaired) electrons. The number of nitrogens with two attached hydrogens (primary N) is 1. The Kier molecular flexibility index (Phi) is 6.51. The van der Waals surface area contributed by atoms with Gasteiger partial charge in [0, 0.05) is 24.7 Å². The minimum atomic E-state index is -5.08. The molecular formula is C15H17F3N2O5. The van der Waals surface area contributed by atoms with Crippen LogP contribution in [0.1, 0.15) is 22.3 Å². The van der Waals surface area contributed by atoms with E-state index in [1.54, 1.807) is 17.0 Å². The summed E-state index contributed by atoms with van der Waals surface area (Å²) >= 11 is 0. The van der Waals surface area contributed by atoms with Gasteiger partial charge in [-0.1, -0.05) is 0 Å². The number of rotatable bonds is 2. The highest BCUT2D eigenvalue weighted by atomic mass is 19.4. The first-order valence-electron chi connectivity index (χ1n) is 7.02. The second-order valence-corrected chi connectivity index (χ2v) is 5.26. The van der Waals surface area contributed by atoms with Crippen molar-refractivity contribution in [2.45, 2.75) is 25.6 Å². The molecule has 10 heteroatoms. The second kappa shape index (κ2) is 7.97. The van der Waals surface area contributed by atoms with Gasteiger partial charge in [-0.05, 0) is 30.7 Å². The predicted octanol–water partition coefficient (Wildman–Crippen LogP) is 1.48. The summed E-state index contributed by atoms with van der Waals surface area (Å²) in [6, 6.07) is 5.11. The van der Waals surface area contributed by atoms with Crippen LogP contribution in [-0.4, -0.2) is 48.8 Å². The number of carbonyl (C=O) groups excluding carboxylic acids is 2. The zero-order valence-corrected chi connectivity index (χ0v) is 13.5. The number of benzene rings is 1. The quantitative estimate of drug-likeness (QED) is 0.771. The number of aryl methyl sites for hydroxylation is 1. The van der Waals surface area contributed by atoms with Crippen molar-refractivity contribution in [1.82, 2.24) is 0 Å². The van der Waals surface area contributed by atoms with E-state index in [2.05, 4.69) is 4.74 Å². The molecule has 1 aliphatic rings. The first kappa shape index (κ1) is 20.4. The fourth-order valence-corrected chi connectivity index (χ4v) is 2.14. The van der Waals surface area contributed by atoms with Gasteiger partial charge < -0.3 is 20.5 Å². The summed E-state index contributed by atoms with van der Waals surface area (Å²) < 4.78 is 36.4. The molecule has 1 fully saturated rings. The largest absolute Gasteiger partial charge is 0.490 e. The third-order valence-corrected chi connectivity index (χ3v) is 3.32. The van der Waals surface area contributed by atoms with Crippen molar-refractivity contribution in [3.63, 3.8) is 0 Å². The first-order valence-corrected chi connectivity index (χ1v) is 7.02. The lowest BCUT2D eigenvalue weighted by Crippen LogP contribution is -2.28. The molecule has 1 aromatic rings. The summed E-state index contributed by atoms with van der Waals surface area (Å²) in [5.74, 6) is -3.11. The van der Waals surface area contributed by atoms with Gasteiger partial charge in [0.15, 0.2) is 0 Å². The Morgan fingerprint density at radius 1 is 1.36 bits per heavy atom. The summed E-state index contributed by atoms with van der Waals surface area (Å²) in [7, 11) is 1.35. The molecule has 3 N–H and O–H groups in total. The van der Waals surface area contributed by atoms with E-state index in [9.17, 15) is 22.8 Å². The summed E-state index contributed by atoms with van der Waals surface area (Å²) in [6.45, 7) is 2.34. The molecule has 0 saturated carbocycles. The molecule has 1 heterocycles. The average Bonchev–Trinajstić information content (AvgIpc) is 2.84. The monoisotopic (exact) mass is 362 g/mol. The lowest BCUT2D eigenvalue weighted by Gasteiger charge is -2.17. The number of carboxylic acids is 1. The minimum absolute atomic E-state index is 0.0210. The standard InChI is InChI=1S/C13H16N2O3.C2HF3O2/c1-8-5-10(3-4-11(8)13(17)18-2)15-7-9(14)6-12(15)16;3-2(4,5)1(6)7/h3-5,9H,6-7,14H2,1-2H3;(H,6,7). The molecule has 1 aliphatic heterocycles. The smallest absolute Gasteiger partial charge is 0.475 e. The van der Waals surface area contributed by atoms with E-state index in [1.807, 2.05) is 13.0 Å². The van der Waals surface area contributed by atoms with Crippen molar-refractivity contribution >= 4 is 23.5 Å². The average molecular weight is 362 g/mol. The van der Waals surface area contributed by atoms with E-state index in [0.29, 0.717) is 18.5 Å². The lowest BCUT2D eigenvalue weighted by atomic mass is 10.1. The number of carboxylic acid groups (broad SMARTS) is 1. The van der Waals surface area contributed by atoms with Gasteiger partial charge in [-0.3, -0.25) is 4.79 Å². The number of nitrogens with zero attached hydrogens (tertiary/aromatic N) is 1. The Morgan fingerprint density at radius 2 is 1.92 bits per heavy atom. The molecule has 1 amide bonds. The highest BCUT2D eigenvalue weighted by Gasteiger charge is 2.38. The van der Waals surface area contributed by atoms with Crippen molar-refractivity contribution in [1.29, 1.82) is 0 Å². The molecule has 1 unspecified atom stereocenters. The molecule has 1 saturated heterocycles. The van der Waals surface area contributed by atoms with E-state index >= 15 is 0 Å². The molecular weight excluding hydrogens is 345 g/mol. The first-order chi connectivity index (χ1) is 11.5. The SMILES string of the molecule is COC(=O)c1ccc(N2CC(N)CC2=O)cc1C.O=C(O)C(F)(F)F. The van der Waals surface area contributed by atoms with E-state index in [0.717, 1.165) is 11.3 Å².